The minimum atomic E-state index is -0.219. The number of rotatable bonds is 5. The van der Waals surface area contributed by atoms with Crippen molar-refractivity contribution in [1.29, 1.82) is 0 Å². The van der Waals surface area contributed by atoms with Crippen molar-refractivity contribution in [3.63, 3.8) is 0 Å². The first-order valence-corrected chi connectivity index (χ1v) is 6.20. The quantitative estimate of drug-likeness (QED) is 0.701. The summed E-state index contributed by atoms with van der Waals surface area (Å²) in [6.45, 7) is 4.30. The van der Waals surface area contributed by atoms with Crippen LogP contribution in [0.4, 0.5) is 10.1 Å². The van der Waals surface area contributed by atoms with E-state index in [1.165, 1.54) is 6.07 Å². The summed E-state index contributed by atoms with van der Waals surface area (Å²) in [5.74, 6) is 0.129. The maximum Gasteiger partial charge on any atom is 0.125 e. The molecule has 0 heterocycles. The lowest BCUT2D eigenvalue weighted by Gasteiger charge is -2.27. The zero-order valence-electron chi connectivity index (χ0n) is 10.1. The van der Waals surface area contributed by atoms with Gasteiger partial charge in [-0.05, 0) is 37.1 Å². The molecule has 1 rings (SSSR count). The van der Waals surface area contributed by atoms with Gasteiger partial charge in [0, 0.05) is 24.7 Å². The van der Waals surface area contributed by atoms with Crippen LogP contribution in [0, 0.1) is 5.82 Å². The predicted molar refractivity (Wildman–Crippen MR) is 68.7 cm³/mol. The molecule has 0 amide bonds. The van der Waals surface area contributed by atoms with Gasteiger partial charge < -0.3 is 4.90 Å². The standard InChI is InChI=1S/C13H19ClFN/c1-4-5-10(2)16(3)13-7-11(9-14)6-12(15)8-13/h6-8,10H,4-5,9H2,1-3H3. The zero-order valence-corrected chi connectivity index (χ0v) is 10.9. The molecule has 0 fully saturated rings. The van der Waals surface area contributed by atoms with Crippen LogP contribution in [0.3, 0.4) is 0 Å². The van der Waals surface area contributed by atoms with E-state index in [0.29, 0.717) is 11.9 Å². The summed E-state index contributed by atoms with van der Waals surface area (Å²) >= 11 is 5.73. The van der Waals surface area contributed by atoms with Crippen LogP contribution in [0.2, 0.25) is 0 Å². The number of alkyl halides is 1. The summed E-state index contributed by atoms with van der Waals surface area (Å²) < 4.78 is 13.3. The van der Waals surface area contributed by atoms with Crippen molar-refractivity contribution in [3.8, 4) is 0 Å². The van der Waals surface area contributed by atoms with Gasteiger partial charge in [-0.15, -0.1) is 11.6 Å². The van der Waals surface area contributed by atoms with Gasteiger partial charge >= 0.3 is 0 Å². The first-order valence-electron chi connectivity index (χ1n) is 5.66. The molecular formula is C13H19ClFN. The maximum atomic E-state index is 13.3. The Morgan fingerprint density at radius 2 is 2.06 bits per heavy atom. The molecule has 1 atom stereocenters. The van der Waals surface area contributed by atoms with Crippen molar-refractivity contribution in [2.24, 2.45) is 0 Å². The average molecular weight is 244 g/mol. The molecule has 1 unspecified atom stereocenters. The van der Waals surface area contributed by atoms with Gasteiger partial charge in [-0.3, -0.25) is 0 Å². The number of benzene rings is 1. The molecule has 0 N–H and O–H groups in total. The second-order valence-corrected chi connectivity index (χ2v) is 4.47. The van der Waals surface area contributed by atoms with E-state index in [4.69, 9.17) is 11.6 Å². The van der Waals surface area contributed by atoms with E-state index in [1.807, 2.05) is 13.1 Å². The van der Waals surface area contributed by atoms with Crippen LogP contribution in [0.15, 0.2) is 18.2 Å². The highest BCUT2D eigenvalue weighted by Gasteiger charge is 2.10. The first kappa shape index (κ1) is 13.3. The fraction of sp³-hybridized carbons (Fsp3) is 0.538. The molecule has 0 aromatic heterocycles. The van der Waals surface area contributed by atoms with E-state index >= 15 is 0 Å². The Hall–Kier alpha value is -0.760. The lowest BCUT2D eigenvalue weighted by atomic mass is 10.1. The molecule has 1 aromatic rings. The highest BCUT2D eigenvalue weighted by molar-refractivity contribution is 6.17. The third-order valence-electron chi connectivity index (χ3n) is 2.87. The van der Waals surface area contributed by atoms with Gasteiger partial charge in [-0.2, -0.15) is 0 Å². The molecule has 16 heavy (non-hydrogen) atoms. The first-order chi connectivity index (χ1) is 7.58. The molecule has 0 aliphatic rings. The van der Waals surface area contributed by atoms with E-state index in [1.54, 1.807) is 6.07 Å². The Morgan fingerprint density at radius 3 is 2.62 bits per heavy atom. The Morgan fingerprint density at radius 1 is 1.38 bits per heavy atom. The van der Waals surface area contributed by atoms with Crippen molar-refractivity contribution in [1.82, 2.24) is 0 Å². The lowest BCUT2D eigenvalue weighted by Crippen LogP contribution is -2.28. The smallest absolute Gasteiger partial charge is 0.125 e. The monoisotopic (exact) mass is 243 g/mol. The van der Waals surface area contributed by atoms with Crippen LogP contribution < -0.4 is 4.90 Å². The Balaban J connectivity index is 2.89. The Bertz CT molecular complexity index is 341. The van der Waals surface area contributed by atoms with Gasteiger partial charge in [0.1, 0.15) is 5.82 Å². The van der Waals surface area contributed by atoms with Crippen LogP contribution >= 0.6 is 11.6 Å². The number of anilines is 1. The molecule has 0 aliphatic heterocycles. The number of halogens is 2. The number of hydrogen-bond acceptors (Lipinski definition) is 1. The molecule has 0 spiro atoms. The molecule has 1 nitrogen and oxygen atoms in total. The van der Waals surface area contributed by atoms with E-state index < -0.39 is 0 Å². The third-order valence-corrected chi connectivity index (χ3v) is 3.18. The van der Waals surface area contributed by atoms with E-state index in [2.05, 4.69) is 18.7 Å². The molecule has 0 saturated carbocycles. The van der Waals surface area contributed by atoms with Crippen LogP contribution in [0.5, 0.6) is 0 Å². The average Bonchev–Trinajstić information content (AvgIpc) is 2.27. The number of nitrogens with zero attached hydrogens (tertiary/aromatic N) is 1. The lowest BCUT2D eigenvalue weighted by molar-refractivity contribution is 0.605. The summed E-state index contributed by atoms with van der Waals surface area (Å²) in [5.41, 5.74) is 1.73. The van der Waals surface area contributed by atoms with Gasteiger partial charge in [0.05, 0.1) is 0 Å². The third kappa shape index (κ3) is 3.38. The van der Waals surface area contributed by atoms with Gasteiger partial charge in [0.2, 0.25) is 0 Å². The second-order valence-electron chi connectivity index (χ2n) is 4.20. The molecule has 3 heteroatoms. The number of hydrogen-bond donors (Lipinski definition) is 0. The second kappa shape index (κ2) is 6.09. The molecule has 0 radical (unpaired) electrons. The molecule has 0 bridgehead atoms. The van der Waals surface area contributed by atoms with E-state index in [9.17, 15) is 4.39 Å². The van der Waals surface area contributed by atoms with Gasteiger partial charge in [-0.1, -0.05) is 13.3 Å². The van der Waals surface area contributed by atoms with Crippen molar-refractivity contribution >= 4 is 17.3 Å². The molecule has 1 aromatic carbocycles. The largest absolute Gasteiger partial charge is 0.372 e. The summed E-state index contributed by atoms with van der Waals surface area (Å²) in [7, 11) is 1.99. The van der Waals surface area contributed by atoms with Crippen LogP contribution in [-0.4, -0.2) is 13.1 Å². The van der Waals surface area contributed by atoms with E-state index in [-0.39, 0.29) is 5.82 Å². The Labute approximate surface area is 102 Å². The molecule has 0 saturated heterocycles. The summed E-state index contributed by atoms with van der Waals surface area (Å²) in [6.07, 6.45) is 2.23. The van der Waals surface area contributed by atoms with Crippen molar-refractivity contribution in [2.45, 2.75) is 38.6 Å². The van der Waals surface area contributed by atoms with Crippen LogP contribution in [0.25, 0.3) is 0 Å². The molecule has 0 aliphatic carbocycles. The maximum absolute atomic E-state index is 13.3. The summed E-state index contributed by atoms with van der Waals surface area (Å²) in [6, 6.07) is 5.40. The zero-order chi connectivity index (χ0) is 12.1. The molecule has 90 valence electrons. The van der Waals surface area contributed by atoms with Crippen LogP contribution in [0.1, 0.15) is 32.3 Å². The minimum absolute atomic E-state index is 0.219. The van der Waals surface area contributed by atoms with Crippen molar-refractivity contribution < 1.29 is 4.39 Å². The Kier molecular flexibility index (Phi) is 5.07. The SMILES string of the molecule is CCCC(C)N(C)c1cc(F)cc(CCl)c1. The van der Waals surface area contributed by atoms with Crippen molar-refractivity contribution in [2.75, 3.05) is 11.9 Å². The van der Waals surface area contributed by atoms with Crippen molar-refractivity contribution in [3.05, 3.63) is 29.6 Å². The molecular weight excluding hydrogens is 225 g/mol. The fourth-order valence-electron chi connectivity index (χ4n) is 1.78. The normalized spacial score (nSPS) is 12.6. The predicted octanol–water partition coefficient (Wildman–Crippen LogP) is 4.19. The van der Waals surface area contributed by atoms with E-state index in [0.717, 1.165) is 24.1 Å². The van der Waals surface area contributed by atoms with Gasteiger partial charge in [-0.25, -0.2) is 4.39 Å². The topological polar surface area (TPSA) is 3.24 Å². The summed E-state index contributed by atoms with van der Waals surface area (Å²) in [5, 5.41) is 0. The van der Waals surface area contributed by atoms with Gasteiger partial charge in [0.25, 0.3) is 0 Å². The van der Waals surface area contributed by atoms with Gasteiger partial charge in [0.15, 0.2) is 0 Å². The van der Waals surface area contributed by atoms with Crippen LogP contribution in [-0.2, 0) is 5.88 Å². The fourth-order valence-corrected chi connectivity index (χ4v) is 1.93. The highest BCUT2D eigenvalue weighted by atomic mass is 35.5. The minimum Gasteiger partial charge on any atom is -0.372 e. The highest BCUT2D eigenvalue weighted by Crippen LogP contribution is 2.21. The summed E-state index contributed by atoms with van der Waals surface area (Å²) in [4.78, 5) is 2.10.